The molecule has 4 heteroatoms. The number of esters is 1. The average molecular weight is 215 g/mol. The monoisotopic (exact) mass is 215 g/mol. The summed E-state index contributed by atoms with van der Waals surface area (Å²) in [6, 6.07) is 0. The van der Waals surface area contributed by atoms with E-state index in [2.05, 4.69) is 0 Å². The second kappa shape index (κ2) is 4.75. The zero-order valence-electron chi connectivity index (χ0n) is 9.50. The fourth-order valence-electron chi connectivity index (χ4n) is 1.29. The molecule has 0 aromatic heterocycles. The molecule has 0 amide bonds. The quantitative estimate of drug-likeness (QED) is 0.528. The Morgan fingerprint density at radius 2 is 2.13 bits per heavy atom. The van der Waals surface area contributed by atoms with Gasteiger partial charge in [0.2, 0.25) is 0 Å². The lowest BCUT2D eigenvalue weighted by molar-refractivity contribution is -0.148. The van der Waals surface area contributed by atoms with Crippen LogP contribution in [0.3, 0.4) is 0 Å². The zero-order chi connectivity index (χ0) is 11.5. The molecule has 1 heterocycles. The molecule has 1 aliphatic rings. The minimum absolute atomic E-state index is 0.347. The van der Waals surface area contributed by atoms with Gasteiger partial charge in [0.1, 0.15) is 11.8 Å². The lowest BCUT2D eigenvalue weighted by Gasteiger charge is -2.33. The van der Waals surface area contributed by atoms with Crippen LogP contribution in [0, 0.1) is 0 Å². The predicted molar refractivity (Wildman–Crippen MR) is 56.3 cm³/mol. The van der Waals surface area contributed by atoms with Crippen molar-refractivity contribution in [3.05, 3.63) is 12.2 Å². The third-order valence-corrected chi connectivity index (χ3v) is 1.94. The number of alkyl halides is 1. The number of ether oxygens (including phenoxy) is 1. The highest BCUT2D eigenvalue weighted by Crippen LogP contribution is 2.10. The van der Waals surface area contributed by atoms with Crippen LogP contribution < -0.4 is 0 Å². The summed E-state index contributed by atoms with van der Waals surface area (Å²) in [6.07, 6.45) is 2.41. The summed E-state index contributed by atoms with van der Waals surface area (Å²) in [6.45, 7) is 7.02. The first-order valence-corrected chi connectivity index (χ1v) is 5.13. The van der Waals surface area contributed by atoms with Gasteiger partial charge in [-0.3, -0.25) is 4.90 Å². The Morgan fingerprint density at radius 3 is 2.60 bits per heavy atom. The Morgan fingerprint density at radius 1 is 1.53 bits per heavy atom. The Labute approximate surface area is 89.9 Å². The summed E-state index contributed by atoms with van der Waals surface area (Å²) >= 11 is 0. The largest absolute Gasteiger partial charge is 0.457 e. The van der Waals surface area contributed by atoms with Gasteiger partial charge < -0.3 is 4.74 Å². The van der Waals surface area contributed by atoms with Crippen LogP contribution in [0.5, 0.6) is 0 Å². The van der Waals surface area contributed by atoms with Gasteiger partial charge in [0.15, 0.2) is 0 Å². The second-order valence-corrected chi connectivity index (χ2v) is 4.75. The van der Waals surface area contributed by atoms with Crippen LogP contribution in [-0.4, -0.2) is 42.3 Å². The van der Waals surface area contributed by atoms with E-state index in [-0.39, 0.29) is 5.97 Å². The van der Waals surface area contributed by atoms with E-state index in [9.17, 15) is 9.18 Å². The molecular weight excluding hydrogens is 197 g/mol. The van der Waals surface area contributed by atoms with Crippen molar-refractivity contribution < 1.29 is 13.9 Å². The molecule has 0 aliphatic carbocycles. The molecule has 0 aromatic rings. The Balaban J connectivity index is 2.17. The highest BCUT2D eigenvalue weighted by Gasteiger charge is 2.24. The van der Waals surface area contributed by atoms with Gasteiger partial charge in [-0.2, -0.15) is 0 Å². The molecule has 0 atom stereocenters. The van der Waals surface area contributed by atoms with E-state index in [4.69, 9.17) is 4.74 Å². The summed E-state index contributed by atoms with van der Waals surface area (Å²) in [5, 5.41) is 0. The summed E-state index contributed by atoms with van der Waals surface area (Å²) in [5.74, 6) is -0.347. The van der Waals surface area contributed by atoms with E-state index in [1.54, 1.807) is 6.08 Å². The van der Waals surface area contributed by atoms with E-state index in [0.717, 1.165) is 0 Å². The molecule has 15 heavy (non-hydrogen) atoms. The summed E-state index contributed by atoms with van der Waals surface area (Å²) in [4.78, 5) is 13.1. The van der Waals surface area contributed by atoms with Gasteiger partial charge in [0, 0.05) is 25.7 Å². The molecule has 86 valence electrons. The van der Waals surface area contributed by atoms with E-state index in [1.165, 1.54) is 6.08 Å². The van der Waals surface area contributed by atoms with Gasteiger partial charge >= 0.3 is 5.97 Å². The van der Waals surface area contributed by atoms with Crippen LogP contribution in [0.25, 0.3) is 0 Å². The fraction of sp³-hybridized carbons (Fsp3) is 0.727. The predicted octanol–water partition coefficient (Wildman–Crippen LogP) is 1.54. The Hall–Kier alpha value is -0.900. The van der Waals surface area contributed by atoms with Crippen molar-refractivity contribution in [3.8, 4) is 0 Å². The molecular formula is C11H18FNO2. The topological polar surface area (TPSA) is 29.5 Å². The van der Waals surface area contributed by atoms with Crippen molar-refractivity contribution in [2.75, 3.05) is 19.6 Å². The maximum Gasteiger partial charge on any atom is 0.330 e. The van der Waals surface area contributed by atoms with Crippen molar-refractivity contribution in [2.24, 2.45) is 0 Å². The van der Waals surface area contributed by atoms with E-state index < -0.39 is 11.8 Å². The maximum atomic E-state index is 12.4. The number of hydrogen-bond acceptors (Lipinski definition) is 3. The summed E-state index contributed by atoms with van der Waals surface area (Å²) in [5.41, 5.74) is -0.456. The highest BCUT2D eigenvalue weighted by molar-refractivity contribution is 5.82. The normalized spacial score (nSPS) is 19.2. The first kappa shape index (κ1) is 12.2. The van der Waals surface area contributed by atoms with Crippen LogP contribution in [0.1, 0.15) is 20.8 Å². The Kier molecular flexibility index (Phi) is 3.85. The third kappa shape index (κ3) is 4.93. The molecule has 0 spiro atoms. The third-order valence-electron chi connectivity index (χ3n) is 1.94. The van der Waals surface area contributed by atoms with Crippen molar-refractivity contribution in [1.82, 2.24) is 4.90 Å². The van der Waals surface area contributed by atoms with Crippen LogP contribution in [0.15, 0.2) is 12.2 Å². The molecule has 0 bridgehead atoms. The molecule has 1 rings (SSSR count). The smallest absolute Gasteiger partial charge is 0.330 e. The molecule has 1 aliphatic heterocycles. The minimum atomic E-state index is -0.695. The number of likely N-dealkylation sites (tertiary alicyclic amines) is 1. The van der Waals surface area contributed by atoms with Gasteiger partial charge in [0.05, 0.1) is 0 Å². The number of hydrogen-bond donors (Lipinski definition) is 0. The molecule has 0 unspecified atom stereocenters. The molecule has 1 fully saturated rings. The Bertz CT molecular complexity index is 252. The first-order chi connectivity index (χ1) is 6.87. The van der Waals surface area contributed by atoms with E-state index in [1.807, 2.05) is 25.7 Å². The number of nitrogens with zero attached hydrogens (tertiary/aromatic N) is 1. The fourth-order valence-corrected chi connectivity index (χ4v) is 1.29. The van der Waals surface area contributed by atoms with Gasteiger partial charge in [-0.25, -0.2) is 9.18 Å². The lowest BCUT2D eigenvalue weighted by atomic mass is 10.2. The molecule has 3 nitrogen and oxygen atoms in total. The summed E-state index contributed by atoms with van der Waals surface area (Å²) < 4.78 is 17.5. The standard InChI is InChI=1S/C11H18FNO2/c1-11(2,3)15-10(14)5-4-6-13-7-9(12)8-13/h4-5,9H,6-8H2,1-3H3/b5-4+. The van der Waals surface area contributed by atoms with E-state index >= 15 is 0 Å². The number of carbonyl (C=O) groups is 1. The van der Waals surface area contributed by atoms with Gasteiger partial charge in [-0.05, 0) is 20.8 Å². The average Bonchev–Trinajstić information content (AvgIpc) is 1.97. The lowest BCUT2D eigenvalue weighted by Crippen LogP contribution is -2.48. The SMILES string of the molecule is CC(C)(C)OC(=O)/C=C/CN1CC(F)C1. The molecule has 0 N–H and O–H groups in total. The van der Waals surface area contributed by atoms with Gasteiger partial charge in [-0.1, -0.05) is 6.08 Å². The number of halogens is 1. The van der Waals surface area contributed by atoms with Crippen LogP contribution in [-0.2, 0) is 9.53 Å². The van der Waals surface area contributed by atoms with Gasteiger partial charge in [-0.15, -0.1) is 0 Å². The summed E-state index contributed by atoms with van der Waals surface area (Å²) in [7, 11) is 0. The molecule has 0 saturated carbocycles. The van der Waals surface area contributed by atoms with E-state index in [0.29, 0.717) is 19.6 Å². The zero-order valence-corrected chi connectivity index (χ0v) is 9.50. The van der Waals surface area contributed by atoms with Gasteiger partial charge in [0.25, 0.3) is 0 Å². The van der Waals surface area contributed by atoms with Crippen molar-refractivity contribution >= 4 is 5.97 Å². The second-order valence-electron chi connectivity index (χ2n) is 4.75. The minimum Gasteiger partial charge on any atom is -0.457 e. The first-order valence-electron chi connectivity index (χ1n) is 5.13. The maximum absolute atomic E-state index is 12.4. The van der Waals surface area contributed by atoms with Crippen LogP contribution in [0.4, 0.5) is 4.39 Å². The molecule has 0 radical (unpaired) electrons. The highest BCUT2D eigenvalue weighted by atomic mass is 19.1. The van der Waals surface area contributed by atoms with Crippen molar-refractivity contribution in [1.29, 1.82) is 0 Å². The number of rotatable bonds is 3. The molecule has 0 aromatic carbocycles. The van der Waals surface area contributed by atoms with Crippen molar-refractivity contribution in [3.63, 3.8) is 0 Å². The number of carbonyl (C=O) groups excluding carboxylic acids is 1. The van der Waals surface area contributed by atoms with Crippen LogP contribution >= 0.6 is 0 Å². The van der Waals surface area contributed by atoms with Crippen LogP contribution in [0.2, 0.25) is 0 Å². The van der Waals surface area contributed by atoms with Crippen molar-refractivity contribution in [2.45, 2.75) is 32.5 Å². The molecule has 1 saturated heterocycles.